The standard InChI is InChI=1S/C33H39F2N3O4/c1-22-17-25(23-6-11-37(12-7-23)15-16-41-2)3-4-27(22)21-42-32-29(19-28(34)20-30(32)35)26-5-10-36-31(18-26)38-13-8-24(9-14-38)33(39)40/h3-5,10,17-20,23-24H,6-9,11-16,21H2,1-2H3,(H,39,40). The number of carboxylic acids is 1. The molecule has 0 bridgehead atoms. The Morgan fingerprint density at radius 1 is 1.02 bits per heavy atom. The van der Waals surface area contributed by atoms with Crippen molar-refractivity contribution in [2.75, 3.05) is 51.3 Å². The second-order valence-electron chi connectivity index (χ2n) is 11.3. The smallest absolute Gasteiger partial charge is 0.306 e. The topological polar surface area (TPSA) is 75.1 Å². The number of benzene rings is 2. The number of hydrogen-bond donors (Lipinski definition) is 1. The zero-order valence-corrected chi connectivity index (χ0v) is 24.3. The predicted molar refractivity (Wildman–Crippen MR) is 158 cm³/mol. The normalized spacial score (nSPS) is 17.0. The van der Waals surface area contributed by atoms with Gasteiger partial charge in [0.05, 0.1) is 12.5 Å². The van der Waals surface area contributed by atoms with Crippen molar-refractivity contribution in [3.63, 3.8) is 0 Å². The van der Waals surface area contributed by atoms with E-state index in [1.54, 1.807) is 25.4 Å². The number of piperidine rings is 2. The number of nitrogens with zero attached hydrogens (tertiary/aromatic N) is 3. The van der Waals surface area contributed by atoms with E-state index in [4.69, 9.17) is 9.47 Å². The van der Waals surface area contributed by atoms with E-state index in [1.165, 1.54) is 11.6 Å². The summed E-state index contributed by atoms with van der Waals surface area (Å²) in [6.45, 7) is 7.13. The van der Waals surface area contributed by atoms with Gasteiger partial charge in [0.25, 0.3) is 0 Å². The van der Waals surface area contributed by atoms with Gasteiger partial charge >= 0.3 is 5.97 Å². The van der Waals surface area contributed by atoms with Crippen LogP contribution in [-0.4, -0.2) is 67.4 Å². The number of methoxy groups -OCH3 is 1. The summed E-state index contributed by atoms with van der Waals surface area (Å²) >= 11 is 0. The van der Waals surface area contributed by atoms with Crippen molar-refractivity contribution in [2.45, 2.75) is 45.1 Å². The van der Waals surface area contributed by atoms with Crippen LogP contribution in [0.5, 0.6) is 5.75 Å². The molecule has 224 valence electrons. The van der Waals surface area contributed by atoms with E-state index in [-0.39, 0.29) is 18.3 Å². The second kappa shape index (κ2) is 13.6. The zero-order chi connectivity index (χ0) is 29.6. The summed E-state index contributed by atoms with van der Waals surface area (Å²) in [6.07, 6.45) is 4.86. The number of ether oxygens (including phenoxy) is 2. The average molecular weight is 580 g/mol. The second-order valence-corrected chi connectivity index (χ2v) is 11.3. The monoisotopic (exact) mass is 579 g/mol. The van der Waals surface area contributed by atoms with Gasteiger partial charge in [-0.2, -0.15) is 0 Å². The molecule has 5 rings (SSSR count). The molecule has 2 aliphatic rings. The third-order valence-electron chi connectivity index (χ3n) is 8.64. The fraction of sp³-hybridized carbons (Fsp3) is 0.455. The van der Waals surface area contributed by atoms with Crippen LogP contribution in [0.4, 0.5) is 14.6 Å². The predicted octanol–water partition coefficient (Wildman–Crippen LogP) is 6.04. The molecule has 0 atom stereocenters. The molecule has 2 saturated heterocycles. The highest BCUT2D eigenvalue weighted by Gasteiger charge is 2.26. The summed E-state index contributed by atoms with van der Waals surface area (Å²) in [5.74, 6) is -1.46. The fourth-order valence-electron chi connectivity index (χ4n) is 6.03. The lowest BCUT2D eigenvalue weighted by atomic mass is 9.88. The number of likely N-dealkylation sites (tertiary alicyclic amines) is 1. The number of carbonyl (C=O) groups is 1. The molecule has 0 saturated carbocycles. The highest BCUT2D eigenvalue weighted by atomic mass is 19.1. The zero-order valence-electron chi connectivity index (χ0n) is 24.3. The Morgan fingerprint density at radius 2 is 1.79 bits per heavy atom. The van der Waals surface area contributed by atoms with Crippen LogP contribution >= 0.6 is 0 Å². The van der Waals surface area contributed by atoms with Gasteiger partial charge in [-0.15, -0.1) is 0 Å². The van der Waals surface area contributed by atoms with Gasteiger partial charge in [0.2, 0.25) is 0 Å². The van der Waals surface area contributed by atoms with Crippen LogP contribution in [0.1, 0.15) is 48.3 Å². The molecule has 3 aromatic rings. The van der Waals surface area contributed by atoms with E-state index in [1.807, 2.05) is 17.9 Å². The van der Waals surface area contributed by atoms with Crippen LogP contribution in [0.2, 0.25) is 0 Å². The van der Waals surface area contributed by atoms with E-state index >= 15 is 4.39 Å². The number of anilines is 1. The van der Waals surface area contributed by atoms with Crippen molar-refractivity contribution >= 4 is 11.8 Å². The Balaban J connectivity index is 1.29. The van der Waals surface area contributed by atoms with E-state index in [0.717, 1.165) is 56.3 Å². The number of pyridine rings is 1. The Kier molecular flexibility index (Phi) is 9.69. The molecule has 1 N–H and O–H groups in total. The maximum atomic E-state index is 15.1. The van der Waals surface area contributed by atoms with Crippen molar-refractivity contribution in [2.24, 2.45) is 5.92 Å². The molecule has 0 radical (unpaired) electrons. The molecule has 0 spiro atoms. The van der Waals surface area contributed by atoms with Crippen LogP contribution in [0.3, 0.4) is 0 Å². The van der Waals surface area contributed by atoms with Crippen molar-refractivity contribution in [3.05, 3.63) is 77.0 Å². The van der Waals surface area contributed by atoms with Crippen molar-refractivity contribution in [1.29, 1.82) is 0 Å². The number of rotatable bonds is 10. The highest BCUT2D eigenvalue weighted by Crippen LogP contribution is 2.36. The first-order chi connectivity index (χ1) is 20.3. The minimum absolute atomic E-state index is 0.00922. The summed E-state index contributed by atoms with van der Waals surface area (Å²) in [5.41, 5.74) is 4.23. The van der Waals surface area contributed by atoms with Crippen LogP contribution in [0.15, 0.2) is 48.7 Å². The highest BCUT2D eigenvalue weighted by molar-refractivity contribution is 5.73. The van der Waals surface area contributed by atoms with Crippen molar-refractivity contribution in [1.82, 2.24) is 9.88 Å². The molecular weight excluding hydrogens is 540 g/mol. The maximum absolute atomic E-state index is 15.1. The molecule has 3 heterocycles. The summed E-state index contributed by atoms with van der Waals surface area (Å²) in [6, 6.07) is 12.0. The molecule has 0 unspecified atom stereocenters. The first kappa shape index (κ1) is 29.9. The van der Waals surface area contributed by atoms with Gasteiger partial charge < -0.3 is 24.4 Å². The molecule has 9 heteroatoms. The maximum Gasteiger partial charge on any atom is 0.306 e. The summed E-state index contributed by atoms with van der Waals surface area (Å²) in [7, 11) is 1.73. The molecule has 42 heavy (non-hydrogen) atoms. The lowest BCUT2D eigenvalue weighted by Crippen LogP contribution is -2.36. The van der Waals surface area contributed by atoms with E-state index < -0.39 is 17.6 Å². The molecule has 1 aromatic heterocycles. The summed E-state index contributed by atoms with van der Waals surface area (Å²) < 4.78 is 40.8. The van der Waals surface area contributed by atoms with Gasteiger partial charge in [0.1, 0.15) is 18.2 Å². The van der Waals surface area contributed by atoms with Gasteiger partial charge in [0.15, 0.2) is 11.6 Å². The van der Waals surface area contributed by atoms with Gasteiger partial charge in [0, 0.05) is 44.6 Å². The fourth-order valence-corrected chi connectivity index (χ4v) is 6.03. The first-order valence-electron chi connectivity index (χ1n) is 14.7. The molecule has 2 aromatic carbocycles. The number of halogens is 2. The van der Waals surface area contributed by atoms with Gasteiger partial charge in [-0.05, 0) is 92.1 Å². The van der Waals surface area contributed by atoms with Crippen molar-refractivity contribution < 1.29 is 28.2 Å². The number of hydrogen-bond acceptors (Lipinski definition) is 6. The lowest BCUT2D eigenvalue weighted by Gasteiger charge is -2.32. The van der Waals surface area contributed by atoms with Crippen LogP contribution in [0.25, 0.3) is 11.1 Å². The SMILES string of the molecule is COCCN1CCC(c2ccc(COc3c(F)cc(F)cc3-c3ccnc(N4CCC(C(=O)O)CC4)c3)c(C)c2)CC1. The first-order valence-corrected chi connectivity index (χ1v) is 14.7. The van der Waals surface area contributed by atoms with Crippen LogP contribution < -0.4 is 9.64 Å². The van der Waals surface area contributed by atoms with Gasteiger partial charge in [-0.3, -0.25) is 4.79 Å². The number of aromatic nitrogens is 1. The van der Waals surface area contributed by atoms with E-state index in [0.29, 0.717) is 48.8 Å². The third kappa shape index (κ3) is 7.07. The van der Waals surface area contributed by atoms with E-state index in [2.05, 4.69) is 22.0 Å². The molecule has 2 aliphatic heterocycles. The Labute approximate surface area is 246 Å². The average Bonchev–Trinajstić information content (AvgIpc) is 3.00. The minimum atomic E-state index is -0.780. The molecule has 7 nitrogen and oxygen atoms in total. The number of aryl methyl sites for hydroxylation is 1. The third-order valence-corrected chi connectivity index (χ3v) is 8.64. The van der Waals surface area contributed by atoms with Gasteiger partial charge in [-0.1, -0.05) is 18.2 Å². The summed E-state index contributed by atoms with van der Waals surface area (Å²) in [5, 5.41) is 9.30. The largest absolute Gasteiger partial charge is 0.485 e. The molecule has 0 aliphatic carbocycles. The molecule has 0 amide bonds. The quantitative estimate of drug-likeness (QED) is 0.314. The number of carboxylic acid groups (broad SMARTS) is 1. The lowest BCUT2D eigenvalue weighted by molar-refractivity contribution is -0.142. The van der Waals surface area contributed by atoms with Crippen molar-refractivity contribution in [3.8, 4) is 16.9 Å². The van der Waals surface area contributed by atoms with Gasteiger partial charge in [-0.25, -0.2) is 13.8 Å². The van der Waals surface area contributed by atoms with Crippen LogP contribution in [-0.2, 0) is 16.1 Å². The minimum Gasteiger partial charge on any atom is -0.485 e. The molecule has 2 fully saturated rings. The Hall–Kier alpha value is -3.56. The Bertz CT molecular complexity index is 1390. The van der Waals surface area contributed by atoms with Crippen LogP contribution in [0, 0.1) is 24.5 Å². The summed E-state index contributed by atoms with van der Waals surface area (Å²) in [4.78, 5) is 20.2. The van der Waals surface area contributed by atoms with E-state index in [9.17, 15) is 14.3 Å². The molecular formula is C33H39F2N3O4. The number of aliphatic carboxylic acids is 1. The Morgan fingerprint density at radius 3 is 2.48 bits per heavy atom.